The summed E-state index contributed by atoms with van der Waals surface area (Å²) in [6, 6.07) is 8.25. The molecule has 8 heteroatoms. The third kappa shape index (κ3) is 3.42. The van der Waals surface area contributed by atoms with Gasteiger partial charge >= 0.3 is 0 Å². The number of aromatic amines is 1. The Morgan fingerprint density at radius 3 is 3.00 bits per heavy atom. The second-order valence-electron chi connectivity index (χ2n) is 6.71. The summed E-state index contributed by atoms with van der Waals surface area (Å²) in [6.07, 6.45) is 7.80. The zero-order valence-corrected chi connectivity index (χ0v) is 15.7. The number of aromatic nitrogens is 6. The summed E-state index contributed by atoms with van der Waals surface area (Å²) in [5, 5.41) is 17.6. The van der Waals surface area contributed by atoms with E-state index in [4.69, 9.17) is 10.4 Å². The monoisotopic (exact) mass is 372 g/mol. The van der Waals surface area contributed by atoms with E-state index in [-0.39, 0.29) is 6.04 Å². The summed E-state index contributed by atoms with van der Waals surface area (Å²) in [5.74, 6) is 0.496. The van der Waals surface area contributed by atoms with Crippen molar-refractivity contribution in [3.8, 4) is 28.6 Å². The van der Waals surface area contributed by atoms with E-state index in [1.165, 1.54) is 0 Å². The lowest BCUT2D eigenvalue weighted by Crippen LogP contribution is -2.04. The van der Waals surface area contributed by atoms with Gasteiger partial charge in [0.2, 0.25) is 5.95 Å². The zero-order chi connectivity index (χ0) is 19.5. The summed E-state index contributed by atoms with van der Waals surface area (Å²) in [6.45, 7) is 4.68. The van der Waals surface area contributed by atoms with Crippen molar-refractivity contribution in [3.63, 3.8) is 0 Å². The molecule has 0 aliphatic heterocycles. The number of nitrogens with zero attached hydrogens (tertiary/aromatic N) is 6. The first-order valence-electron chi connectivity index (χ1n) is 9.12. The number of nitrogens with one attached hydrogen (secondary N) is 2. The van der Waals surface area contributed by atoms with Crippen molar-refractivity contribution in [2.45, 2.75) is 26.3 Å². The number of rotatable bonds is 6. The lowest BCUT2D eigenvalue weighted by molar-refractivity contribution is 0.534. The van der Waals surface area contributed by atoms with Crippen molar-refractivity contribution >= 4 is 17.0 Å². The molecule has 4 heterocycles. The summed E-state index contributed by atoms with van der Waals surface area (Å²) < 4.78 is 1.93. The van der Waals surface area contributed by atoms with E-state index in [2.05, 4.69) is 51.2 Å². The largest absolute Gasteiger partial charge is 0.353 e. The van der Waals surface area contributed by atoms with Gasteiger partial charge in [0.15, 0.2) is 0 Å². The molecule has 8 nitrogen and oxygen atoms in total. The second-order valence-corrected chi connectivity index (χ2v) is 6.71. The van der Waals surface area contributed by atoms with E-state index in [0.717, 1.165) is 33.5 Å². The van der Waals surface area contributed by atoms with Gasteiger partial charge < -0.3 is 10.3 Å². The fourth-order valence-electron chi connectivity index (χ4n) is 2.95. The van der Waals surface area contributed by atoms with Gasteiger partial charge in [0.05, 0.1) is 18.2 Å². The van der Waals surface area contributed by atoms with Crippen LogP contribution < -0.4 is 5.32 Å². The third-order valence-corrected chi connectivity index (χ3v) is 4.39. The Labute approximate surface area is 162 Å². The van der Waals surface area contributed by atoms with E-state index >= 15 is 0 Å². The molecule has 0 bridgehead atoms. The molecule has 0 saturated heterocycles. The summed E-state index contributed by atoms with van der Waals surface area (Å²) in [7, 11) is 0. The topological polar surface area (TPSA) is 108 Å². The summed E-state index contributed by atoms with van der Waals surface area (Å²) in [5.41, 5.74) is 4.28. The molecule has 0 aliphatic carbocycles. The predicted octanol–water partition coefficient (Wildman–Crippen LogP) is 3.79. The van der Waals surface area contributed by atoms with Gasteiger partial charge in [-0.05, 0) is 32.0 Å². The van der Waals surface area contributed by atoms with E-state index in [1.807, 2.05) is 35.4 Å². The molecule has 28 heavy (non-hydrogen) atoms. The number of anilines is 1. The Morgan fingerprint density at radius 1 is 1.29 bits per heavy atom. The molecule has 0 aliphatic rings. The van der Waals surface area contributed by atoms with Crippen LogP contribution in [0, 0.1) is 11.3 Å². The van der Waals surface area contributed by atoms with Crippen LogP contribution in [-0.2, 0) is 0 Å². The van der Waals surface area contributed by atoms with Gasteiger partial charge in [-0.1, -0.05) is 0 Å². The number of fused-ring (bicyclic) bond motifs is 1. The van der Waals surface area contributed by atoms with Crippen molar-refractivity contribution in [2.24, 2.45) is 0 Å². The summed E-state index contributed by atoms with van der Waals surface area (Å²) in [4.78, 5) is 16.5. The first-order valence-corrected chi connectivity index (χ1v) is 9.12. The van der Waals surface area contributed by atoms with Gasteiger partial charge in [-0.25, -0.2) is 15.0 Å². The molecule has 2 N–H and O–H groups in total. The van der Waals surface area contributed by atoms with Crippen LogP contribution >= 0.6 is 0 Å². The van der Waals surface area contributed by atoms with Gasteiger partial charge in [-0.15, -0.1) is 0 Å². The highest BCUT2D eigenvalue weighted by Gasteiger charge is 2.17. The lowest BCUT2D eigenvalue weighted by Gasteiger charge is -2.05. The van der Waals surface area contributed by atoms with Crippen LogP contribution in [0.5, 0.6) is 0 Å². The molecule has 0 spiro atoms. The van der Waals surface area contributed by atoms with E-state index < -0.39 is 0 Å². The highest BCUT2D eigenvalue weighted by atomic mass is 15.3. The first-order chi connectivity index (χ1) is 13.7. The van der Waals surface area contributed by atoms with Crippen molar-refractivity contribution in [2.75, 3.05) is 11.9 Å². The molecule has 0 amide bonds. The van der Waals surface area contributed by atoms with Crippen LogP contribution in [0.3, 0.4) is 0 Å². The molecule has 140 valence electrons. The fourth-order valence-corrected chi connectivity index (χ4v) is 2.95. The molecule has 0 saturated carbocycles. The lowest BCUT2D eigenvalue weighted by atomic mass is 10.1. The normalized spacial score (nSPS) is 11.1. The fraction of sp³-hybridized carbons (Fsp3) is 0.250. The Morgan fingerprint density at radius 2 is 2.18 bits per heavy atom. The Bertz CT molecular complexity index is 1150. The summed E-state index contributed by atoms with van der Waals surface area (Å²) >= 11 is 0. The highest BCUT2D eigenvalue weighted by Crippen LogP contribution is 2.32. The zero-order valence-electron chi connectivity index (χ0n) is 15.7. The maximum atomic E-state index is 8.70. The Kier molecular flexibility index (Phi) is 4.72. The molecule has 0 unspecified atom stereocenters. The maximum Gasteiger partial charge on any atom is 0.223 e. The molecular weight excluding hydrogens is 352 g/mol. The van der Waals surface area contributed by atoms with Crippen molar-refractivity contribution < 1.29 is 0 Å². The molecular formula is C20H20N8. The van der Waals surface area contributed by atoms with Gasteiger partial charge in [0.1, 0.15) is 11.3 Å². The van der Waals surface area contributed by atoms with Crippen LogP contribution in [0.2, 0.25) is 0 Å². The molecule has 0 atom stereocenters. The highest BCUT2D eigenvalue weighted by molar-refractivity contribution is 5.85. The van der Waals surface area contributed by atoms with E-state index in [1.54, 1.807) is 6.20 Å². The predicted molar refractivity (Wildman–Crippen MR) is 107 cm³/mol. The number of hydrogen-bond acceptors (Lipinski definition) is 6. The van der Waals surface area contributed by atoms with Crippen molar-refractivity contribution in [1.29, 1.82) is 5.26 Å². The van der Waals surface area contributed by atoms with Crippen LogP contribution in [0.15, 0.2) is 43.0 Å². The third-order valence-electron chi connectivity index (χ3n) is 4.39. The second kappa shape index (κ2) is 7.48. The average Bonchev–Trinajstić information content (AvgIpc) is 3.35. The minimum Gasteiger partial charge on any atom is -0.353 e. The Balaban J connectivity index is 1.78. The molecule has 4 rings (SSSR count). The quantitative estimate of drug-likeness (QED) is 0.499. The number of hydrogen-bond donors (Lipinski definition) is 2. The minimum atomic E-state index is 0.214. The number of pyridine rings is 1. The van der Waals surface area contributed by atoms with Crippen LogP contribution in [0.4, 0.5) is 5.95 Å². The Hall–Kier alpha value is -3.73. The van der Waals surface area contributed by atoms with Crippen LogP contribution in [0.1, 0.15) is 26.3 Å². The molecule has 0 aromatic carbocycles. The molecule has 4 aromatic rings. The smallest absolute Gasteiger partial charge is 0.223 e. The maximum absolute atomic E-state index is 8.70. The first kappa shape index (κ1) is 17.7. The standard InChI is InChI=1S/C20H20N8/c1-13(2)28-12-16(17-5-9-24-20(26-17)23-7-3-6-21)18(27-28)15-10-14-4-8-22-19(14)25-11-15/h4-5,8-13H,3,7H2,1-2H3,(H,22,25)(H,23,24,26). The molecule has 0 radical (unpaired) electrons. The molecule has 4 aromatic heterocycles. The van der Waals surface area contributed by atoms with Crippen LogP contribution in [-0.4, -0.2) is 36.3 Å². The number of H-pyrrole nitrogens is 1. The van der Waals surface area contributed by atoms with E-state index in [9.17, 15) is 0 Å². The van der Waals surface area contributed by atoms with Crippen LogP contribution in [0.25, 0.3) is 33.5 Å². The van der Waals surface area contributed by atoms with Gasteiger partial charge in [-0.2, -0.15) is 10.4 Å². The average molecular weight is 372 g/mol. The molecule has 0 fully saturated rings. The van der Waals surface area contributed by atoms with Gasteiger partial charge in [0, 0.05) is 53.9 Å². The van der Waals surface area contributed by atoms with Gasteiger partial charge in [-0.3, -0.25) is 4.68 Å². The van der Waals surface area contributed by atoms with Crippen molar-refractivity contribution in [3.05, 3.63) is 43.0 Å². The van der Waals surface area contributed by atoms with Crippen molar-refractivity contribution in [1.82, 2.24) is 29.7 Å². The van der Waals surface area contributed by atoms with Gasteiger partial charge in [0.25, 0.3) is 0 Å². The number of nitriles is 1. The van der Waals surface area contributed by atoms with E-state index in [0.29, 0.717) is 18.9 Å². The minimum absolute atomic E-state index is 0.214. The SMILES string of the molecule is CC(C)n1cc(-c2ccnc(NCCC#N)n2)c(-c2cnc3[nH]ccc3c2)n1.